The zero-order valence-corrected chi connectivity index (χ0v) is 12.7. The van der Waals surface area contributed by atoms with Gasteiger partial charge in [-0.3, -0.25) is 4.79 Å². The van der Waals surface area contributed by atoms with E-state index in [0.717, 1.165) is 36.1 Å². The van der Waals surface area contributed by atoms with Crippen molar-refractivity contribution >= 4 is 22.7 Å². The standard InChI is InChI=1S/C17H22N2O2/c1-3-18-16-12-11-14-13(7-5-9-15(14)19-16)8-6-10-17(20)21-4-2/h5,7,9,11-12H,3-4,6,8,10H2,1-2H3,(H,18,19). The Labute approximate surface area is 125 Å². The average Bonchev–Trinajstić information content (AvgIpc) is 2.48. The first-order chi connectivity index (χ1) is 10.2. The number of fused-ring (bicyclic) bond motifs is 1. The number of esters is 1. The highest BCUT2D eigenvalue weighted by Crippen LogP contribution is 2.21. The first kappa shape index (κ1) is 15.3. The Morgan fingerprint density at radius 1 is 1.24 bits per heavy atom. The van der Waals surface area contributed by atoms with Gasteiger partial charge in [-0.2, -0.15) is 0 Å². The Balaban J connectivity index is 2.08. The van der Waals surface area contributed by atoms with Crippen LogP contribution in [0.5, 0.6) is 0 Å². The van der Waals surface area contributed by atoms with Crippen LogP contribution in [0.3, 0.4) is 0 Å². The van der Waals surface area contributed by atoms with Crippen LogP contribution < -0.4 is 5.32 Å². The number of carbonyl (C=O) groups excluding carboxylic acids is 1. The van der Waals surface area contributed by atoms with Crippen molar-refractivity contribution in [3.8, 4) is 0 Å². The van der Waals surface area contributed by atoms with E-state index in [-0.39, 0.29) is 5.97 Å². The molecule has 0 atom stereocenters. The highest BCUT2D eigenvalue weighted by atomic mass is 16.5. The molecule has 1 aromatic heterocycles. The Bertz CT molecular complexity index is 611. The Kier molecular flexibility index (Phi) is 5.55. The molecule has 0 spiro atoms. The van der Waals surface area contributed by atoms with Crippen molar-refractivity contribution in [3.63, 3.8) is 0 Å². The van der Waals surface area contributed by atoms with Crippen molar-refractivity contribution < 1.29 is 9.53 Å². The number of aromatic nitrogens is 1. The van der Waals surface area contributed by atoms with Gasteiger partial charge >= 0.3 is 5.97 Å². The number of hydrogen-bond acceptors (Lipinski definition) is 4. The van der Waals surface area contributed by atoms with E-state index < -0.39 is 0 Å². The summed E-state index contributed by atoms with van der Waals surface area (Å²) >= 11 is 0. The number of nitrogens with zero attached hydrogens (tertiary/aromatic N) is 1. The smallest absolute Gasteiger partial charge is 0.305 e. The first-order valence-electron chi connectivity index (χ1n) is 7.52. The van der Waals surface area contributed by atoms with E-state index in [2.05, 4.69) is 29.4 Å². The summed E-state index contributed by atoms with van der Waals surface area (Å²) in [4.78, 5) is 16.0. The minimum absolute atomic E-state index is 0.120. The van der Waals surface area contributed by atoms with E-state index >= 15 is 0 Å². The van der Waals surface area contributed by atoms with Crippen LogP contribution >= 0.6 is 0 Å². The third-order valence-electron chi connectivity index (χ3n) is 3.31. The number of ether oxygens (including phenoxy) is 1. The molecule has 4 nitrogen and oxygen atoms in total. The van der Waals surface area contributed by atoms with Gasteiger partial charge in [-0.05, 0) is 50.5 Å². The van der Waals surface area contributed by atoms with Gasteiger partial charge in [0.1, 0.15) is 5.82 Å². The molecular formula is C17H22N2O2. The number of pyridine rings is 1. The topological polar surface area (TPSA) is 51.2 Å². The van der Waals surface area contributed by atoms with Crippen LogP contribution in [-0.4, -0.2) is 24.1 Å². The highest BCUT2D eigenvalue weighted by molar-refractivity contribution is 5.83. The third-order valence-corrected chi connectivity index (χ3v) is 3.31. The zero-order chi connectivity index (χ0) is 15.1. The molecule has 1 N–H and O–H groups in total. The van der Waals surface area contributed by atoms with Crippen LogP contribution in [0.2, 0.25) is 0 Å². The SMILES string of the molecule is CCNc1ccc2c(CCCC(=O)OCC)cccc2n1. The first-order valence-corrected chi connectivity index (χ1v) is 7.52. The lowest BCUT2D eigenvalue weighted by Gasteiger charge is -2.08. The summed E-state index contributed by atoms with van der Waals surface area (Å²) in [6.45, 7) is 5.19. The molecule has 0 aliphatic heterocycles. The van der Waals surface area contributed by atoms with Crippen molar-refractivity contribution in [2.75, 3.05) is 18.5 Å². The number of carbonyl (C=O) groups is 1. The molecule has 0 radical (unpaired) electrons. The van der Waals surface area contributed by atoms with Crippen LogP contribution in [0.1, 0.15) is 32.3 Å². The van der Waals surface area contributed by atoms with Crippen LogP contribution in [0.25, 0.3) is 10.9 Å². The molecule has 21 heavy (non-hydrogen) atoms. The molecular weight excluding hydrogens is 264 g/mol. The maximum absolute atomic E-state index is 11.4. The Hall–Kier alpha value is -2.10. The summed E-state index contributed by atoms with van der Waals surface area (Å²) in [7, 11) is 0. The van der Waals surface area contributed by atoms with Gasteiger partial charge in [-0.15, -0.1) is 0 Å². The average molecular weight is 286 g/mol. The molecule has 2 aromatic rings. The third kappa shape index (κ3) is 4.18. The predicted molar refractivity (Wildman–Crippen MR) is 85.5 cm³/mol. The van der Waals surface area contributed by atoms with E-state index in [1.165, 1.54) is 5.56 Å². The van der Waals surface area contributed by atoms with Crippen LogP contribution in [0.4, 0.5) is 5.82 Å². The van der Waals surface area contributed by atoms with Gasteiger partial charge in [-0.1, -0.05) is 12.1 Å². The van der Waals surface area contributed by atoms with Crippen LogP contribution in [0.15, 0.2) is 30.3 Å². The normalized spacial score (nSPS) is 10.6. The lowest BCUT2D eigenvalue weighted by Crippen LogP contribution is -2.04. The molecule has 4 heteroatoms. The van der Waals surface area contributed by atoms with Crippen molar-refractivity contribution in [2.24, 2.45) is 0 Å². The van der Waals surface area contributed by atoms with E-state index in [1.807, 2.05) is 25.1 Å². The van der Waals surface area contributed by atoms with E-state index in [4.69, 9.17) is 4.74 Å². The lowest BCUT2D eigenvalue weighted by molar-refractivity contribution is -0.143. The number of hydrogen-bond donors (Lipinski definition) is 1. The lowest BCUT2D eigenvalue weighted by atomic mass is 10.0. The van der Waals surface area contributed by atoms with E-state index in [9.17, 15) is 4.79 Å². The van der Waals surface area contributed by atoms with Gasteiger partial charge in [0.2, 0.25) is 0 Å². The quantitative estimate of drug-likeness (QED) is 0.791. The highest BCUT2D eigenvalue weighted by Gasteiger charge is 2.06. The van der Waals surface area contributed by atoms with Crippen LogP contribution in [0, 0.1) is 0 Å². The number of rotatable bonds is 7. The fraction of sp³-hybridized carbons (Fsp3) is 0.412. The summed E-state index contributed by atoms with van der Waals surface area (Å²) in [5.74, 6) is 0.777. The van der Waals surface area contributed by atoms with Gasteiger partial charge < -0.3 is 10.1 Å². The molecule has 0 fully saturated rings. The summed E-state index contributed by atoms with van der Waals surface area (Å²) in [5, 5.41) is 4.37. The summed E-state index contributed by atoms with van der Waals surface area (Å²) in [6.07, 6.45) is 2.12. The summed E-state index contributed by atoms with van der Waals surface area (Å²) in [5.41, 5.74) is 2.22. The number of anilines is 1. The fourth-order valence-corrected chi connectivity index (χ4v) is 2.37. The van der Waals surface area contributed by atoms with E-state index in [1.54, 1.807) is 0 Å². The van der Waals surface area contributed by atoms with Gasteiger partial charge in [0.05, 0.1) is 12.1 Å². The van der Waals surface area contributed by atoms with Crippen molar-refractivity contribution in [3.05, 3.63) is 35.9 Å². The predicted octanol–water partition coefficient (Wildman–Crippen LogP) is 3.55. The van der Waals surface area contributed by atoms with Gasteiger partial charge in [0.25, 0.3) is 0 Å². The summed E-state index contributed by atoms with van der Waals surface area (Å²) < 4.78 is 4.95. The molecule has 1 heterocycles. The number of benzene rings is 1. The molecule has 112 valence electrons. The summed E-state index contributed by atoms with van der Waals surface area (Å²) in [6, 6.07) is 10.2. The van der Waals surface area contributed by atoms with Crippen LogP contribution in [-0.2, 0) is 16.0 Å². The number of nitrogens with one attached hydrogen (secondary N) is 1. The second-order valence-electron chi connectivity index (χ2n) is 4.87. The second kappa shape index (κ2) is 7.62. The number of aryl methyl sites for hydroxylation is 1. The molecule has 1 aromatic carbocycles. The monoisotopic (exact) mass is 286 g/mol. The molecule has 0 aliphatic rings. The van der Waals surface area contributed by atoms with Gasteiger partial charge in [0.15, 0.2) is 0 Å². The molecule has 0 saturated heterocycles. The largest absolute Gasteiger partial charge is 0.466 e. The van der Waals surface area contributed by atoms with E-state index in [0.29, 0.717) is 13.0 Å². The molecule has 0 unspecified atom stereocenters. The Morgan fingerprint density at radius 3 is 2.86 bits per heavy atom. The zero-order valence-electron chi connectivity index (χ0n) is 12.7. The molecule has 0 aliphatic carbocycles. The minimum Gasteiger partial charge on any atom is -0.466 e. The molecule has 0 amide bonds. The second-order valence-corrected chi connectivity index (χ2v) is 4.87. The van der Waals surface area contributed by atoms with Gasteiger partial charge in [0, 0.05) is 18.4 Å². The van der Waals surface area contributed by atoms with Crippen molar-refractivity contribution in [1.82, 2.24) is 4.98 Å². The van der Waals surface area contributed by atoms with Crippen molar-refractivity contribution in [2.45, 2.75) is 33.1 Å². The van der Waals surface area contributed by atoms with Gasteiger partial charge in [-0.25, -0.2) is 4.98 Å². The fourth-order valence-electron chi connectivity index (χ4n) is 2.37. The van der Waals surface area contributed by atoms with Crippen molar-refractivity contribution in [1.29, 1.82) is 0 Å². The minimum atomic E-state index is -0.120. The Morgan fingerprint density at radius 2 is 2.10 bits per heavy atom. The molecule has 2 rings (SSSR count). The maximum Gasteiger partial charge on any atom is 0.305 e. The molecule has 0 bridgehead atoms. The maximum atomic E-state index is 11.4. The molecule has 0 saturated carbocycles.